The van der Waals surface area contributed by atoms with E-state index in [1.165, 1.54) is 11.1 Å². The highest BCUT2D eigenvalue weighted by Crippen LogP contribution is 2.22. The Balaban J connectivity index is 0.00000280. The summed E-state index contributed by atoms with van der Waals surface area (Å²) < 4.78 is 5.34. The maximum atomic E-state index is 12.3. The number of fused-ring (bicyclic) bond motifs is 1. The average Bonchev–Trinajstić information content (AvgIpc) is 3.14. The van der Waals surface area contributed by atoms with Crippen LogP contribution in [0.1, 0.15) is 30.4 Å². The molecule has 0 spiro atoms. The molecule has 1 aromatic carbocycles. The van der Waals surface area contributed by atoms with Gasteiger partial charge in [-0.25, -0.2) is 0 Å². The lowest BCUT2D eigenvalue weighted by Crippen LogP contribution is -2.39. The Labute approximate surface area is 184 Å². The first-order valence-electron chi connectivity index (χ1n) is 9.91. The number of hydrogen-bond donors (Lipinski definition) is 2. The van der Waals surface area contributed by atoms with E-state index in [1.807, 2.05) is 17.0 Å². The SMILES string of the molecule is I.NC(=NCCCC(=O)N1Cc2ccccc2C1)NCCCN1CCOCC1. The lowest BCUT2D eigenvalue weighted by atomic mass is 10.1. The molecule has 0 aliphatic carbocycles. The molecule has 2 aliphatic rings. The second-order valence-electron chi connectivity index (χ2n) is 7.12. The fraction of sp³-hybridized carbons (Fsp3) is 0.600. The molecule has 1 saturated heterocycles. The summed E-state index contributed by atoms with van der Waals surface area (Å²) in [6.45, 7) is 7.59. The van der Waals surface area contributed by atoms with Crippen molar-refractivity contribution in [3.8, 4) is 0 Å². The molecule has 2 aliphatic heterocycles. The van der Waals surface area contributed by atoms with Crippen LogP contribution in [-0.4, -0.2) is 67.6 Å². The Morgan fingerprint density at radius 2 is 1.82 bits per heavy atom. The minimum Gasteiger partial charge on any atom is -0.379 e. The molecular formula is C20H32IN5O2. The van der Waals surface area contributed by atoms with Crippen molar-refractivity contribution in [2.75, 3.05) is 45.9 Å². The molecule has 0 radical (unpaired) electrons. The summed E-state index contributed by atoms with van der Waals surface area (Å²) >= 11 is 0. The van der Waals surface area contributed by atoms with E-state index in [2.05, 4.69) is 27.3 Å². The predicted octanol–water partition coefficient (Wildman–Crippen LogP) is 1.55. The Morgan fingerprint density at radius 3 is 2.50 bits per heavy atom. The third-order valence-electron chi connectivity index (χ3n) is 5.09. The van der Waals surface area contributed by atoms with Gasteiger partial charge in [-0.05, 0) is 30.5 Å². The van der Waals surface area contributed by atoms with Gasteiger partial charge >= 0.3 is 0 Å². The molecular weight excluding hydrogens is 469 g/mol. The van der Waals surface area contributed by atoms with Gasteiger partial charge in [0.05, 0.1) is 13.2 Å². The van der Waals surface area contributed by atoms with Crippen LogP contribution in [0.4, 0.5) is 0 Å². The number of ether oxygens (including phenoxy) is 1. The number of morpholine rings is 1. The van der Waals surface area contributed by atoms with Crippen LogP contribution in [0.3, 0.4) is 0 Å². The van der Waals surface area contributed by atoms with Crippen molar-refractivity contribution in [1.82, 2.24) is 15.1 Å². The summed E-state index contributed by atoms with van der Waals surface area (Å²) in [5.74, 6) is 0.663. The minimum atomic E-state index is 0. The lowest BCUT2D eigenvalue weighted by Gasteiger charge is -2.26. The number of aliphatic imine (C=N–C) groups is 1. The Bertz CT molecular complexity index is 624. The van der Waals surface area contributed by atoms with Gasteiger partial charge in [-0.3, -0.25) is 14.7 Å². The van der Waals surface area contributed by atoms with Crippen molar-refractivity contribution in [3.63, 3.8) is 0 Å². The van der Waals surface area contributed by atoms with Crippen LogP contribution in [-0.2, 0) is 22.6 Å². The maximum absolute atomic E-state index is 12.3. The molecule has 7 nitrogen and oxygen atoms in total. The van der Waals surface area contributed by atoms with E-state index in [1.54, 1.807) is 0 Å². The van der Waals surface area contributed by atoms with Crippen molar-refractivity contribution in [1.29, 1.82) is 0 Å². The monoisotopic (exact) mass is 501 g/mol. The summed E-state index contributed by atoms with van der Waals surface area (Å²) in [7, 11) is 0. The van der Waals surface area contributed by atoms with Crippen LogP contribution in [0.5, 0.6) is 0 Å². The number of nitrogens with zero attached hydrogens (tertiary/aromatic N) is 3. The van der Waals surface area contributed by atoms with Crippen molar-refractivity contribution in [2.45, 2.75) is 32.4 Å². The van der Waals surface area contributed by atoms with E-state index >= 15 is 0 Å². The molecule has 1 aromatic rings. The van der Waals surface area contributed by atoms with Gasteiger partial charge < -0.3 is 20.7 Å². The summed E-state index contributed by atoms with van der Waals surface area (Å²) in [5, 5.41) is 3.15. The van der Waals surface area contributed by atoms with E-state index in [0.717, 1.165) is 65.3 Å². The van der Waals surface area contributed by atoms with Gasteiger partial charge in [-0.2, -0.15) is 0 Å². The fourth-order valence-electron chi connectivity index (χ4n) is 3.50. The van der Waals surface area contributed by atoms with E-state index in [4.69, 9.17) is 10.5 Å². The molecule has 2 heterocycles. The number of halogens is 1. The Hall–Kier alpha value is -1.39. The number of guanidine groups is 1. The Kier molecular flexibility index (Phi) is 10.0. The lowest BCUT2D eigenvalue weighted by molar-refractivity contribution is -0.131. The number of carbonyl (C=O) groups is 1. The molecule has 0 unspecified atom stereocenters. The summed E-state index contributed by atoms with van der Waals surface area (Å²) in [6.07, 6.45) is 2.27. The zero-order chi connectivity index (χ0) is 18.9. The fourth-order valence-corrected chi connectivity index (χ4v) is 3.50. The van der Waals surface area contributed by atoms with Crippen molar-refractivity contribution >= 4 is 35.8 Å². The van der Waals surface area contributed by atoms with Crippen LogP contribution in [0.2, 0.25) is 0 Å². The number of hydrogen-bond acceptors (Lipinski definition) is 4. The minimum absolute atomic E-state index is 0. The molecule has 1 fully saturated rings. The van der Waals surface area contributed by atoms with E-state index in [-0.39, 0.29) is 29.9 Å². The molecule has 8 heteroatoms. The number of carbonyl (C=O) groups excluding carboxylic acids is 1. The molecule has 0 atom stereocenters. The third kappa shape index (κ3) is 7.21. The van der Waals surface area contributed by atoms with Crippen LogP contribution in [0, 0.1) is 0 Å². The first-order valence-corrected chi connectivity index (χ1v) is 9.91. The van der Waals surface area contributed by atoms with Crippen molar-refractivity contribution < 1.29 is 9.53 Å². The number of nitrogens with one attached hydrogen (secondary N) is 1. The molecule has 0 aromatic heterocycles. The zero-order valence-electron chi connectivity index (χ0n) is 16.4. The van der Waals surface area contributed by atoms with Gasteiger partial charge in [0.2, 0.25) is 5.91 Å². The molecule has 1 amide bonds. The smallest absolute Gasteiger partial charge is 0.223 e. The molecule has 0 bridgehead atoms. The highest BCUT2D eigenvalue weighted by atomic mass is 127. The van der Waals surface area contributed by atoms with Gasteiger partial charge in [0.15, 0.2) is 5.96 Å². The largest absolute Gasteiger partial charge is 0.379 e. The molecule has 3 N–H and O–H groups in total. The quantitative estimate of drug-likeness (QED) is 0.245. The van der Waals surface area contributed by atoms with E-state index in [9.17, 15) is 4.79 Å². The molecule has 0 saturated carbocycles. The second kappa shape index (κ2) is 12.2. The average molecular weight is 501 g/mol. The Morgan fingerprint density at radius 1 is 1.14 bits per heavy atom. The van der Waals surface area contributed by atoms with Crippen LogP contribution in [0.25, 0.3) is 0 Å². The standard InChI is InChI=1S/C20H31N5O2.HI/c21-20(23-9-4-10-24-11-13-27-14-12-24)22-8-3-7-19(26)25-15-17-5-1-2-6-18(17)16-25;/h1-2,5-6H,3-4,7-16H2,(H3,21,22,23);1H. The highest BCUT2D eigenvalue weighted by molar-refractivity contribution is 14.0. The summed E-state index contributed by atoms with van der Waals surface area (Å²) in [5.41, 5.74) is 8.42. The van der Waals surface area contributed by atoms with Crippen LogP contribution < -0.4 is 11.1 Å². The first kappa shape index (κ1) is 22.9. The second-order valence-corrected chi connectivity index (χ2v) is 7.12. The normalized spacial score (nSPS) is 17.1. The van der Waals surface area contributed by atoms with Crippen LogP contribution in [0.15, 0.2) is 29.3 Å². The van der Waals surface area contributed by atoms with E-state index < -0.39 is 0 Å². The van der Waals surface area contributed by atoms with Gasteiger partial charge in [-0.1, -0.05) is 24.3 Å². The van der Waals surface area contributed by atoms with Crippen LogP contribution >= 0.6 is 24.0 Å². The van der Waals surface area contributed by atoms with Crippen molar-refractivity contribution in [3.05, 3.63) is 35.4 Å². The van der Waals surface area contributed by atoms with Gasteiger partial charge in [-0.15, -0.1) is 24.0 Å². The van der Waals surface area contributed by atoms with Gasteiger partial charge in [0.1, 0.15) is 0 Å². The summed E-state index contributed by atoms with van der Waals surface area (Å²) in [6, 6.07) is 8.24. The molecule has 3 rings (SSSR count). The maximum Gasteiger partial charge on any atom is 0.223 e. The number of nitrogens with two attached hydrogens (primary N) is 1. The van der Waals surface area contributed by atoms with E-state index in [0.29, 0.717) is 18.9 Å². The molecule has 156 valence electrons. The van der Waals surface area contributed by atoms with Crippen molar-refractivity contribution in [2.24, 2.45) is 10.7 Å². The highest BCUT2D eigenvalue weighted by Gasteiger charge is 2.22. The summed E-state index contributed by atoms with van der Waals surface area (Å²) in [4.78, 5) is 21.0. The van der Waals surface area contributed by atoms with Gasteiger partial charge in [0, 0.05) is 45.7 Å². The zero-order valence-corrected chi connectivity index (χ0v) is 18.8. The predicted molar refractivity (Wildman–Crippen MR) is 122 cm³/mol. The number of amides is 1. The topological polar surface area (TPSA) is 83.2 Å². The number of benzene rings is 1. The third-order valence-corrected chi connectivity index (χ3v) is 5.09. The molecule has 28 heavy (non-hydrogen) atoms. The van der Waals surface area contributed by atoms with Gasteiger partial charge in [0.25, 0.3) is 0 Å². The number of rotatable bonds is 8. The first-order chi connectivity index (χ1) is 13.2.